The Morgan fingerprint density at radius 3 is 2.25 bits per heavy atom. The summed E-state index contributed by atoms with van der Waals surface area (Å²) in [7, 11) is 1.44. The van der Waals surface area contributed by atoms with E-state index in [1.54, 1.807) is 0 Å². The van der Waals surface area contributed by atoms with Crippen LogP contribution in [0.2, 0.25) is 0 Å². The number of hydrogen-bond acceptors (Lipinski definition) is 2. The third kappa shape index (κ3) is 2.70. The Kier molecular flexibility index (Phi) is 4.35. The van der Waals surface area contributed by atoms with Crippen molar-refractivity contribution in [2.24, 2.45) is 0 Å². The highest BCUT2D eigenvalue weighted by atomic mass is 33.1. The van der Waals surface area contributed by atoms with Crippen LogP contribution in [0.3, 0.4) is 0 Å². The van der Waals surface area contributed by atoms with Crippen LogP contribution in [-0.4, -0.2) is 5.75 Å². The van der Waals surface area contributed by atoms with Gasteiger partial charge in [-0.2, -0.15) is 0 Å². The van der Waals surface area contributed by atoms with Crippen molar-refractivity contribution >= 4 is 22.5 Å². The van der Waals surface area contributed by atoms with Gasteiger partial charge in [-0.3, -0.25) is 0 Å². The molecule has 0 nitrogen and oxygen atoms in total. The Bertz CT molecular complexity index is 6.00. The van der Waals surface area contributed by atoms with Crippen LogP contribution >= 0.6 is 10.8 Å². The van der Waals surface area contributed by atoms with E-state index in [9.17, 15) is 0 Å². The molecule has 0 rings (SSSR count). The van der Waals surface area contributed by atoms with E-state index in [4.69, 9.17) is 0 Å². The van der Waals surface area contributed by atoms with Crippen LogP contribution < -0.4 is 0 Å². The zero-order chi connectivity index (χ0) is 3.41. The molecule has 0 aliphatic heterocycles. The fourth-order valence-corrected chi connectivity index (χ4v) is 0. The molecule has 0 N–H and O–H groups in total. The molecule has 0 saturated carbocycles. The average Bonchev–Trinajstić information content (AvgIpc) is 1.37. The van der Waals surface area contributed by atoms with Crippen molar-refractivity contribution in [2.45, 2.75) is 6.92 Å². The van der Waals surface area contributed by atoms with E-state index in [2.05, 4.69) is 11.7 Å². The maximum Gasteiger partial charge on any atom is -0.0337 e. The SMILES string of the molecule is CCS[S-]. The quantitative estimate of drug-likeness (QED) is 0.353. The van der Waals surface area contributed by atoms with Gasteiger partial charge >= 0.3 is 0 Å². The smallest absolute Gasteiger partial charge is 0.0337 e. The second-order valence-corrected chi connectivity index (χ2v) is 1.93. The van der Waals surface area contributed by atoms with Crippen molar-refractivity contribution < 1.29 is 0 Å². The van der Waals surface area contributed by atoms with E-state index < -0.39 is 0 Å². The fraction of sp³-hybridized carbons (Fsp3) is 1.00. The molecule has 0 aromatic heterocycles. The maximum absolute atomic E-state index is 4.47. The molecule has 4 heavy (non-hydrogen) atoms. The van der Waals surface area contributed by atoms with Gasteiger partial charge in [-0.1, -0.05) is 6.92 Å². The molecule has 0 bridgehead atoms. The topological polar surface area (TPSA) is 0 Å². The normalized spacial score (nSPS) is 7.50. The molecule has 0 radical (unpaired) electrons. The van der Waals surface area contributed by atoms with E-state index in [0.717, 1.165) is 5.75 Å². The number of rotatable bonds is 1. The second-order valence-electron chi connectivity index (χ2n) is 0.407. The summed E-state index contributed by atoms with van der Waals surface area (Å²) in [6.07, 6.45) is 0. The van der Waals surface area contributed by atoms with Crippen LogP contribution in [0.4, 0.5) is 0 Å². The van der Waals surface area contributed by atoms with Gasteiger partial charge in [0.1, 0.15) is 0 Å². The first kappa shape index (κ1) is 4.70. The van der Waals surface area contributed by atoms with Gasteiger partial charge in [-0.05, 0) is 5.75 Å². The Labute approximate surface area is 35.8 Å². The third-order valence-electron chi connectivity index (χ3n) is 0.118. The van der Waals surface area contributed by atoms with Gasteiger partial charge in [-0.15, -0.1) is 0 Å². The Morgan fingerprint density at radius 2 is 2.25 bits per heavy atom. The Hall–Kier alpha value is 0.700. The first-order chi connectivity index (χ1) is 1.91. The monoisotopic (exact) mass is 93.0 g/mol. The molecule has 0 aromatic rings. The first-order valence-corrected chi connectivity index (χ1v) is 3.07. The molecule has 0 amide bonds. The zero-order valence-electron chi connectivity index (χ0n) is 2.52. The van der Waals surface area contributed by atoms with Crippen LogP contribution in [0.25, 0.3) is 0 Å². The van der Waals surface area contributed by atoms with Crippen molar-refractivity contribution in [3.63, 3.8) is 0 Å². The molecule has 0 unspecified atom stereocenters. The first-order valence-electron chi connectivity index (χ1n) is 1.16. The van der Waals surface area contributed by atoms with Gasteiger partial charge < -0.3 is 22.5 Å². The lowest BCUT2D eigenvalue weighted by atomic mass is 11.0. The molecule has 2 heteroatoms. The van der Waals surface area contributed by atoms with Crippen molar-refractivity contribution in [1.29, 1.82) is 0 Å². The maximum atomic E-state index is 4.47. The van der Waals surface area contributed by atoms with Gasteiger partial charge in [0.05, 0.1) is 0 Å². The Balaban J connectivity index is 1.97. The van der Waals surface area contributed by atoms with E-state index in [1.165, 1.54) is 10.8 Å². The average molecular weight is 93.2 g/mol. The number of hydrogen-bond donors (Lipinski definition) is 0. The summed E-state index contributed by atoms with van der Waals surface area (Å²) >= 11 is 4.47. The second kappa shape index (κ2) is 3.70. The molecule has 0 fully saturated rings. The lowest BCUT2D eigenvalue weighted by molar-refractivity contribution is 1.54. The molecule has 0 aliphatic carbocycles. The summed E-state index contributed by atoms with van der Waals surface area (Å²) in [5.74, 6) is 1.05. The highest BCUT2D eigenvalue weighted by Crippen LogP contribution is 1.86. The van der Waals surface area contributed by atoms with E-state index in [1.807, 2.05) is 6.92 Å². The Morgan fingerprint density at radius 1 is 2.00 bits per heavy atom. The van der Waals surface area contributed by atoms with Crippen LogP contribution in [0, 0.1) is 0 Å². The molecule has 0 spiro atoms. The zero-order valence-corrected chi connectivity index (χ0v) is 4.16. The molecular weight excluding hydrogens is 88.2 g/mol. The predicted octanol–water partition coefficient (Wildman–Crippen LogP) is 1.20. The van der Waals surface area contributed by atoms with Crippen LogP contribution in [0.15, 0.2) is 0 Å². The summed E-state index contributed by atoms with van der Waals surface area (Å²) in [4.78, 5) is 0. The highest BCUT2D eigenvalue weighted by Gasteiger charge is 1.42. The summed E-state index contributed by atoms with van der Waals surface area (Å²) in [5.41, 5.74) is 0. The molecule has 0 aromatic carbocycles. The molecule has 0 heterocycles. The summed E-state index contributed by atoms with van der Waals surface area (Å²) in [6.45, 7) is 2.04. The summed E-state index contributed by atoms with van der Waals surface area (Å²) in [5, 5.41) is 0. The summed E-state index contributed by atoms with van der Waals surface area (Å²) in [6, 6.07) is 0. The minimum atomic E-state index is 1.05. The fourth-order valence-electron chi connectivity index (χ4n) is 0. The van der Waals surface area contributed by atoms with Crippen molar-refractivity contribution in [3.05, 3.63) is 0 Å². The van der Waals surface area contributed by atoms with Gasteiger partial charge in [-0.25, -0.2) is 0 Å². The van der Waals surface area contributed by atoms with Crippen molar-refractivity contribution in [3.8, 4) is 0 Å². The largest absolute Gasteiger partial charge is 0.719 e. The van der Waals surface area contributed by atoms with Crippen molar-refractivity contribution in [1.82, 2.24) is 0 Å². The lowest BCUT2D eigenvalue weighted by Crippen LogP contribution is -1.49. The third-order valence-corrected chi connectivity index (χ3v) is 1.06. The van der Waals surface area contributed by atoms with Crippen molar-refractivity contribution in [2.75, 3.05) is 5.75 Å². The van der Waals surface area contributed by atoms with Gasteiger partial charge in [0.25, 0.3) is 0 Å². The van der Waals surface area contributed by atoms with Gasteiger partial charge in [0, 0.05) is 0 Å². The lowest BCUT2D eigenvalue weighted by Gasteiger charge is -1.91. The standard InChI is InChI=1S/C2H6S2/c1-2-4-3/h3H,2H2,1H3/p-1. The van der Waals surface area contributed by atoms with E-state index in [-0.39, 0.29) is 0 Å². The highest BCUT2D eigenvalue weighted by molar-refractivity contribution is 8.59. The summed E-state index contributed by atoms with van der Waals surface area (Å²) < 4.78 is 0. The van der Waals surface area contributed by atoms with Crippen LogP contribution in [0.5, 0.6) is 0 Å². The molecular formula is C2H5S2-. The van der Waals surface area contributed by atoms with E-state index >= 15 is 0 Å². The minimum Gasteiger partial charge on any atom is -0.719 e. The van der Waals surface area contributed by atoms with E-state index in [0.29, 0.717) is 0 Å². The molecule has 0 atom stereocenters. The van der Waals surface area contributed by atoms with Crippen LogP contribution in [-0.2, 0) is 11.7 Å². The van der Waals surface area contributed by atoms with Crippen LogP contribution in [0.1, 0.15) is 6.92 Å². The van der Waals surface area contributed by atoms with Gasteiger partial charge in [0.15, 0.2) is 0 Å². The molecule has 0 saturated heterocycles. The minimum absolute atomic E-state index is 1.05. The molecule has 0 aliphatic rings. The van der Waals surface area contributed by atoms with Gasteiger partial charge in [0.2, 0.25) is 0 Å². The molecule has 26 valence electrons. The predicted molar refractivity (Wildman–Crippen MR) is 25.5 cm³/mol.